The lowest BCUT2D eigenvalue weighted by molar-refractivity contribution is -0.0435. The van der Waals surface area contributed by atoms with E-state index in [2.05, 4.69) is 46.0 Å². The predicted octanol–water partition coefficient (Wildman–Crippen LogP) is 9.99. The molecule has 0 aromatic heterocycles. The number of alkyl halides is 3. The number of rotatable bonds is 16. The van der Waals surface area contributed by atoms with Gasteiger partial charge in [-0.2, -0.15) is 13.2 Å². The Morgan fingerprint density at radius 3 is 2.17 bits per heavy atom. The molecule has 2 N–H and O–H groups in total. The number of sulfone groups is 1. The van der Waals surface area contributed by atoms with Crippen molar-refractivity contribution in [1.29, 1.82) is 0 Å². The molecule has 10 nitrogen and oxygen atoms in total. The molecule has 2 heterocycles. The molecule has 350 valence electrons. The Kier molecular flexibility index (Phi) is 15.7. The number of likely N-dealkylation sites (tertiary alicyclic amines) is 1. The molecule has 2 saturated heterocycles. The fourth-order valence-corrected chi connectivity index (χ4v) is 12.0. The molecule has 65 heavy (non-hydrogen) atoms. The Bertz CT molecular complexity index is 2530. The van der Waals surface area contributed by atoms with Gasteiger partial charge in [-0.05, 0) is 135 Å². The van der Waals surface area contributed by atoms with Crippen LogP contribution in [-0.2, 0) is 19.9 Å². The second-order valence-electron chi connectivity index (χ2n) is 17.9. The monoisotopic (exact) mass is 971 g/mol. The van der Waals surface area contributed by atoms with E-state index in [4.69, 9.17) is 11.6 Å². The normalized spacial score (nSPS) is 18.3. The fourth-order valence-electron chi connectivity index (χ4n) is 8.85. The van der Waals surface area contributed by atoms with E-state index < -0.39 is 47.1 Å². The smallest absolute Gasteiger partial charge is 0.380 e. The number of sulfonamides is 1. The third-order valence-corrected chi connectivity index (χ3v) is 16.8. The van der Waals surface area contributed by atoms with Crippen LogP contribution in [0.3, 0.4) is 0 Å². The number of halogens is 4. The van der Waals surface area contributed by atoms with E-state index in [-0.39, 0.29) is 16.7 Å². The highest BCUT2D eigenvalue weighted by Crippen LogP contribution is 2.43. The van der Waals surface area contributed by atoms with Crippen LogP contribution in [0.1, 0.15) is 74.7 Å². The number of carbonyl (C=O) groups excluding carboxylic acids is 1. The van der Waals surface area contributed by atoms with Crippen LogP contribution >= 0.6 is 23.4 Å². The van der Waals surface area contributed by atoms with Gasteiger partial charge in [-0.3, -0.25) is 9.69 Å². The highest BCUT2D eigenvalue weighted by molar-refractivity contribution is 7.99. The maximum Gasteiger partial charge on any atom is 0.501 e. The molecule has 0 radical (unpaired) electrons. The number of allylic oxidation sites excluding steroid dienone is 1. The van der Waals surface area contributed by atoms with Crippen LogP contribution in [0.25, 0.3) is 5.57 Å². The van der Waals surface area contributed by atoms with E-state index in [0.717, 1.165) is 107 Å². The van der Waals surface area contributed by atoms with Crippen molar-refractivity contribution in [3.63, 3.8) is 0 Å². The number of nitrogens with one attached hydrogen (secondary N) is 2. The van der Waals surface area contributed by atoms with Gasteiger partial charge in [0, 0.05) is 72.2 Å². The van der Waals surface area contributed by atoms with Crippen molar-refractivity contribution in [1.82, 2.24) is 14.5 Å². The van der Waals surface area contributed by atoms with E-state index >= 15 is 0 Å². The molecule has 7 rings (SSSR count). The minimum Gasteiger partial charge on any atom is -0.380 e. The van der Waals surface area contributed by atoms with Gasteiger partial charge < -0.3 is 15.1 Å². The maximum absolute atomic E-state index is 14.2. The molecule has 2 fully saturated rings. The Labute approximate surface area is 391 Å². The van der Waals surface area contributed by atoms with Gasteiger partial charge in [0.1, 0.15) is 4.90 Å². The van der Waals surface area contributed by atoms with Crippen molar-refractivity contribution in [2.75, 3.05) is 68.3 Å². The summed E-state index contributed by atoms with van der Waals surface area (Å²) in [4.78, 5) is 19.2. The Hall–Kier alpha value is -4.06. The first-order valence-electron chi connectivity index (χ1n) is 22.1. The third-order valence-electron chi connectivity index (χ3n) is 12.5. The summed E-state index contributed by atoms with van der Waals surface area (Å²) in [5.74, 6) is -0.613. The molecule has 4 aromatic carbocycles. The van der Waals surface area contributed by atoms with E-state index in [0.29, 0.717) is 29.8 Å². The number of amides is 1. The molecule has 0 unspecified atom stereocenters. The molecule has 0 saturated carbocycles. The first-order chi connectivity index (χ1) is 30.9. The van der Waals surface area contributed by atoms with Gasteiger partial charge in [0.2, 0.25) is 0 Å². The second-order valence-corrected chi connectivity index (χ2v) is 23.1. The van der Waals surface area contributed by atoms with Gasteiger partial charge >= 0.3 is 5.51 Å². The molecule has 17 heteroatoms. The third kappa shape index (κ3) is 12.7. The van der Waals surface area contributed by atoms with Gasteiger partial charge in [-0.1, -0.05) is 67.8 Å². The quantitative estimate of drug-likeness (QED) is 0.105. The lowest BCUT2D eigenvalue weighted by atomic mass is 9.73. The van der Waals surface area contributed by atoms with Crippen molar-refractivity contribution < 1.29 is 34.8 Å². The summed E-state index contributed by atoms with van der Waals surface area (Å²) in [6, 6.07) is 26.0. The number of nitrogens with zero attached hydrogens (tertiary/aromatic N) is 3. The minimum absolute atomic E-state index is 0.00595. The zero-order chi connectivity index (χ0) is 46.4. The highest BCUT2D eigenvalue weighted by atomic mass is 35.5. The fraction of sp³-hybridized carbons (Fsp3) is 0.438. The Morgan fingerprint density at radius 2 is 1.51 bits per heavy atom. The van der Waals surface area contributed by atoms with Gasteiger partial charge in [0.05, 0.1) is 10.6 Å². The van der Waals surface area contributed by atoms with Gasteiger partial charge in [0.25, 0.3) is 25.8 Å². The number of piperazine rings is 1. The molecule has 3 aliphatic rings. The summed E-state index contributed by atoms with van der Waals surface area (Å²) in [5, 5.41) is 3.74. The zero-order valence-electron chi connectivity index (χ0n) is 36.7. The predicted molar refractivity (Wildman–Crippen MR) is 255 cm³/mol. The SMILES string of the molecule is CC1(C)CCC(c2ccc(Cl)cc2)=C(CN2CCN(c3ccc(C(=O)NS(=O)(=O)c4ccc(N[C@H](CCN5CCCCC5)CSc5ccccc5)c(S(=O)(=O)C(F)(F)F)c4)cc3)CC2)C1. The number of thioether (sulfide) groups is 1. The standard InChI is InChI=1S/C48H57ClF3N5O5S3/c1-47(2)23-21-43(35-11-15-38(49)16-12-35)37(32-47)33-56-27-29-57(30-28-56)40-17-13-36(14-18-40)46(58)54-65(61,62)42-19-20-44(45(31-42)64(59,60)48(50,51)52)53-39(22-26-55-24-7-4-8-25-55)34-63-41-9-5-3-6-10-41/h3,5-6,9-20,31,39,53H,4,7-8,21-30,32-34H2,1-2H3,(H,54,58)/t39-/m1/s1. The van der Waals surface area contributed by atoms with E-state index in [9.17, 15) is 34.8 Å². The van der Waals surface area contributed by atoms with Crippen LogP contribution in [0.4, 0.5) is 24.5 Å². The Morgan fingerprint density at radius 1 is 0.831 bits per heavy atom. The molecule has 2 aliphatic heterocycles. The molecule has 1 aliphatic carbocycles. The summed E-state index contributed by atoms with van der Waals surface area (Å²) in [7, 11) is -10.9. The average molecular weight is 973 g/mol. The summed E-state index contributed by atoms with van der Waals surface area (Å²) in [6.45, 7) is 11.1. The number of benzene rings is 4. The van der Waals surface area contributed by atoms with Crippen molar-refractivity contribution in [2.45, 2.75) is 85.0 Å². The minimum atomic E-state index is -6.04. The van der Waals surface area contributed by atoms with Crippen LogP contribution in [0.2, 0.25) is 5.02 Å². The molecule has 0 bridgehead atoms. The van der Waals surface area contributed by atoms with Crippen LogP contribution in [0.15, 0.2) is 117 Å². The lowest BCUT2D eigenvalue weighted by Gasteiger charge is -2.39. The summed E-state index contributed by atoms with van der Waals surface area (Å²) < 4.78 is 97.8. The van der Waals surface area contributed by atoms with Gasteiger partial charge in [0.15, 0.2) is 0 Å². The van der Waals surface area contributed by atoms with Crippen LogP contribution in [-0.4, -0.2) is 102 Å². The number of hydrogen-bond acceptors (Lipinski definition) is 10. The molecule has 1 atom stereocenters. The van der Waals surface area contributed by atoms with E-state index in [1.807, 2.05) is 47.2 Å². The number of anilines is 2. The number of carbonyl (C=O) groups is 1. The molecular formula is C48H57ClF3N5O5S3. The van der Waals surface area contributed by atoms with E-state index in [1.54, 1.807) is 12.1 Å². The topological polar surface area (TPSA) is 119 Å². The molecular weight excluding hydrogens is 915 g/mol. The first kappa shape index (κ1) is 48.9. The van der Waals surface area contributed by atoms with Crippen LogP contribution in [0, 0.1) is 5.41 Å². The summed E-state index contributed by atoms with van der Waals surface area (Å²) in [6.07, 6.45) is 6.89. The summed E-state index contributed by atoms with van der Waals surface area (Å²) in [5.41, 5.74) is -0.951. The van der Waals surface area contributed by atoms with E-state index in [1.165, 1.54) is 40.6 Å². The van der Waals surface area contributed by atoms with Crippen LogP contribution < -0.4 is 14.9 Å². The van der Waals surface area contributed by atoms with Crippen molar-refractivity contribution in [3.05, 3.63) is 119 Å². The zero-order valence-corrected chi connectivity index (χ0v) is 40.0. The summed E-state index contributed by atoms with van der Waals surface area (Å²) >= 11 is 7.66. The van der Waals surface area contributed by atoms with Crippen molar-refractivity contribution in [3.8, 4) is 0 Å². The molecule has 1 amide bonds. The second kappa shape index (κ2) is 20.8. The lowest BCUT2D eigenvalue weighted by Crippen LogP contribution is -2.47. The highest BCUT2D eigenvalue weighted by Gasteiger charge is 2.48. The maximum atomic E-state index is 14.2. The van der Waals surface area contributed by atoms with Gasteiger partial charge in [-0.25, -0.2) is 21.6 Å². The average Bonchev–Trinajstić information content (AvgIpc) is 3.28. The van der Waals surface area contributed by atoms with Crippen molar-refractivity contribution in [2.24, 2.45) is 5.41 Å². The molecule has 0 spiro atoms. The van der Waals surface area contributed by atoms with Crippen LogP contribution in [0.5, 0.6) is 0 Å². The largest absolute Gasteiger partial charge is 0.501 e. The number of hydrogen-bond donors (Lipinski definition) is 2. The van der Waals surface area contributed by atoms with Crippen molar-refractivity contribution >= 4 is 66.1 Å². The first-order valence-corrected chi connectivity index (χ1v) is 26.4. The van der Waals surface area contributed by atoms with Gasteiger partial charge in [-0.15, -0.1) is 11.8 Å². The molecule has 4 aromatic rings. The Balaban J connectivity index is 1.02. The number of piperidine rings is 1.